The van der Waals surface area contributed by atoms with Crippen LogP contribution in [-0.4, -0.2) is 20.1 Å². The van der Waals surface area contributed by atoms with E-state index in [1.54, 1.807) is 36.4 Å². The maximum absolute atomic E-state index is 12.8. The Hall–Kier alpha value is -3.26. The highest BCUT2D eigenvalue weighted by molar-refractivity contribution is 7.90. The molecule has 1 aliphatic heterocycles. The number of hydrogen-bond donors (Lipinski definition) is 1. The van der Waals surface area contributed by atoms with Crippen molar-refractivity contribution in [2.24, 2.45) is 0 Å². The number of ether oxygens (including phenoxy) is 2. The lowest BCUT2D eigenvalue weighted by molar-refractivity contribution is -0.0716. The van der Waals surface area contributed by atoms with Gasteiger partial charge in [-0.2, -0.15) is 0 Å². The van der Waals surface area contributed by atoms with Gasteiger partial charge in [0, 0.05) is 30.2 Å². The van der Waals surface area contributed by atoms with Crippen molar-refractivity contribution in [3.63, 3.8) is 0 Å². The fraction of sp³-hybridized carbons (Fsp3) is 0.261. The van der Waals surface area contributed by atoms with E-state index in [1.807, 2.05) is 0 Å². The van der Waals surface area contributed by atoms with E-state index in [0.29, 0.717) is 22.7 Å². The highest BCUT2D eigenvalue weighted by Crippen LogP contribution is 2.47. The number of fused-ring (bicyclic) bond motifs is 1. The number of amides is 1. The van der Waals surface area contributed by atoms with E-state index in [4.69, 9.17) is 13.9 Å². The fourth-order valence-electron chi connectivity index (χ4n) is 4.04. The molecule has 1 spiro atoms. The van der Waals surface area contributed by atoms with E-state index < -0.39 is 21.5 Å². The molecule has 160 valence electrons. The summed E-state index contributed by atoms with van der Waals surface area (Å²) in [6, 6.07) is 14.8. The van der Waals surface area contributed by atoms with Crippen LogP contribution in [0.3, 0.4) is 0 Å². The minimum atomic E-state index is -3.61. The van der Waals surface area contributed by atoms with E-state index in [0.717, 1.165) is 25.7 Å². The number of rotatable bonds is 5. The summed E-state index contributed by atoms with van der Waals surface area (Å²) in [7, 11) is -3.61. The molecule has 1 amide bonds. The second-order valence-corrected chi connectivity index (χ2v) is 9.77. The Morgan fingerprint density at radius 1 is 0.968 bits per heavy atom. The van der Waals surface area contributed by atoms with Gasteiger partial charge in [0.25, 0.3) is 11.7 Å². The molecule has 7 nitrogen and oxygen atoms in total. The first-order chi connectivity index (χ1) is 14.9. The van der Waals surface area contributed by atoms with E-state index in [9.17, 15) is 13.2 Å². The molecule has 3 aromatic rings. The SMILES string of the molecule is O=C(Nc1ccc2c(c1)OC1(CCCC1)O2)c1occc1CS(=O)(=O)c1ccccc1. The van der Waals surface area contributed by atoms with Gasteiger partial charge in [0.05, 0.1) is 16.9 Å². The molecule has 2 heterocycles. The van der Waals surface area contributed by atoms with Gasteiger partial charge in [0.1, 0.15) is 0 Å². The molecule has 1 aromatic heterocycles. The van der Waals surface area contributed by atoms with Crippen molar-refractivity contribution in [1.29, 1.82) is 0 Å². The first kappa shape index (κ1) is 19.7. The Morgan fingerprint density at radius 3 is 2.48 bits per heavy atom. The predicted octanol–water partition coefficient (Wildman–Crippen LogP) is 4.55. The van der Waals surface area contributed by atoms with Crippen LogP contribution in [0.5, 0.6) is 11.5 Å². The van der Waals surface area contributed by atoms with Crippen molar-refractivity contribution in [1.82, 2.24) is 0 Å². The highest BCUT2D eigenvalue weighted by atomic mass is 32.2. The summed E-state index contributed by atoms with van der Waals surface area (Å²) in [5, 5.41) is 2.76. The van der Waals surface area contributed by atoms with Crippen molar-refractivity contribution in [2.45, 2.75) is 42.1 Å². The first-order valence-electron chi connectivity index (χ1n) is 10.1. The minimum Gasteiger partial charge on any atom is -0.459 e. The lowest BCUT2D eigenvalue weighted by Crippen LogP contribution is -2.34. The van der Waals surface area contributed by atoms with E-state index in [-0.39, 0.29) is 16.4 Å². The zero-order chi connectivity index (χ0) is 21.5. The van der Waals surface area contributed by atoms with Crippen LogP contribution in [0.1, 0.15) is 41.8 Å². The molecule has 1 N–H and O–H groups in total. The van der Waals surface area contributed by atoms with Crippen molar-refractivity contribution >= 4 is 21.4 Å². The van der Waals surface area contributed by atoms with Gasteiger partial charge < -0.3 is 19.2 Å². The van der Waals surface area contributed by atoms with Gasteiger partial charge in [0.15, 0.2) is 27.1 Å². The number of furan rings is 1. The Balaban J connectivity index is 1.32. The lowest BCUT2D eigenvalue weighted by atomic mass is 10.2. The Kier molecular flexibility index (Phi) is 4.74. The zero-order valence-electron chi connectivity index (χ0n) is 16.7. The number of carbonyl (C=O) groups excluding carboxylic acids is 1. The van der Waals surface area contributed by atoms with Crippen LogP contribution in [0.15, 0.2) is 70.2 Å². The molecule has 31 heavy (non-hydrogen) atoms. The summed E-state index contributed by atoms with van der Waals surface area (Å²) in [5.41, 5.74) is 0.808. The molecule has 1 aliphatic carbocycles. The Bertz CT molecular complexity index is 1230. The van der Waals surface area contributed by atoms with Crippen LogP contribution in [-0.2, 0) is 15.6 Å². The normalized spacial score (nSPS) is 16.5. The first-order valence-corrected chi connectivity index (χ1v) is 11.8. The molecule has 0 unspecified atom stereocenters. The third-order valence-corrected chi connectivity index (χ3v) is 7.24. The summed E-state index contributed by atoms with van der Waals surface area (Å²) in [5.74, 6) is -0.231. The van der Waals surface area contributed by atoms with Gasteiger partial charge in [-0.3, -0.25) is 4.79 Å². The van der Waals surface area contributed by atoms with Crippen LogP contribution in [0.4, 0.5) is 5.69 Å². The predicted molar refractivity (Wildman–Crippen MR) is 113 cm³/mol. The van der Waals surface area contributed by atoms with E-state index >= 15 is 0 Å². The number of hydrogen-bond acceptors (Lipinski definition) is 6. The quantitative estimate of drug-likeness (QED) is 0.627. The Morgan fingerprint density at radius 2 is 1.71 bits per heavy atom. The van der Waals surface area contributed by atoms with Crippen molar-refractivity contribution in [3.05, 3.63) is 72.2 Å². The van der Waals surface area contributed by atoms with Crippen molar-refractivity contribution in [3.8, 4) is 11.5 Å². The van der Waals surface area contributed by atoms with Crippen LogP contribution < -0.4 is 14.8 Å². The maximum atomic E-state index is 12.8. The van der Waals surface area contributed by atoms with Gasteiger partial charge in [-0.25, -0.2) is 8.42 Å². The van der Waals surface area contributed by atoms with E-state index in [1.165, 1.54) is 24.5 Å². The van der Waals surface area contributed by atoms with Crippen molar-refractivity contribution in [2.75, 3.05) is 5.32 Å². The number of anilines is 1. The average Bonchev–Trinajstić information content (AvgIpc) is 3.48. The molecule has 2 aliphatic rings. The number of carbonyl (C=O) groups is 1. The van der Waals surface area contributed by atoms with Gasteiger partial charge in [0.2, 0.25) is 0 Å². The van der Waals surface area contributed by atoms with Crippen LogP contribution in [0.2, 0.25) is 0 Å². The largest absolute Gasteiger partial charge is 0.459 e. The van der Waals surface area contributed by atoms with E-state index in [2.05, 4.69) is 5.32 Å². The summed E-state index contributed by atoms with van der Waals surface area (Å²) < 4.78 is 42.7. The third kappa shape index (κ3) is 3.79. The zero-order valence-corrected chi connectivity index (χ0v) is 17.5. The summed E-state index contributed by atoms with van der Waals surface area (Å²) in [6.45, 7) is 0. The second-order valence-electron chi connectivity index (χ2n) is 7.78. The molecule has 8 heteroatoms. The molecule has 0 atom stereocenters. The van der Waals surface area contributed by atoms with Crippen LogP contribution in [0.25, 0.3) is 0 Å². The molecule has 0 bridgehead atoms. The molecular formula is C23H21NO6S. The maximum Gasteiger partial charge on any atom is 0.291 e. The standard InChI is InChI=1S/C23H21NO6S/c25-22(21-16(10-13-28-21)15-31(26,27)18-6-2-1-3-7-18)24-17-8-9-19-20(14-17)30-23(29-19)11-4-5-12-23/h1-3,6-10,13-14H,4-5,11-12,15H2,(H,24,25). The molecular weight excluding hydrogens is 418 g/mol. The highest BCUT2D eigenvalue weighted by Gasteiger charge is 2.44. The molecule has 1 fully saturated rings. The molecule has 0 radical (unpaired) electrons. The molecule has 1 saturated carbocycles. The van der Waals surface area contributed by atoms with Crippen LogP contribution >= 0.6 is 0 Å². The minimum absolute atomic E-state index is 0.0376. The van der Waals surface area contributed by atoms with Gasteiger partial charge in [-0.15, -0.1) is 0 Å². The molecule has 2 aromatic carbocycles. The third-order valence-electron chi connectivity index (χ3n) is 5.56. The summed E-state index contributed by atoms with van der Waals surface area (Å²) in [6.07, 6.45) is 5.12. The summed E-state index contributed by atoms with van der Waals surface area (Å²) in [4.78, 5) is 13.0. The van der Waals surface area contributed by atoms with Gasteiger partial charge >= 0.3 is 0 Å². The summed E-state index contributed by atoms with van der Waals surface area (Å²) >= 11 is 0. The second kappa shape index (κ2) is 7.46. The molecule has 0 saturated heterocycles. The van der Waals surface area contributed by atoms with Crippen LogP contribution in [0, 0.1) is 0 Å². The lowest BCUT2D eigenvalue weighted by Gasteiger charge is -2.21. The number of sulfone groups is 1. The van der Waals surface area contributed by atoms with Gasteiger partial charge in [-0.05, 0) is 43.2 Å². The van der Waals surface area contributed by atoms with Crippen molar-refractivity contribution < 1.29 is 27.1 Å². The number of nitrogens with one attached hydrogen (secondary N) is 1. The molecule has 5 rings (SSSR count). The van der Waals surface area contributed by atoms with Gasteiger partial charge in [-0.1, -0.05) is 18.2 Å². The fourth-order valence-corrected chi connectivity index (χ4v) is 5.42. The number of benzene rings is 2. The smallest absolute Gasteiger partial charge is 0.291 e. The monoisotopic (exact) mass is 439 g/mol. The Labute approximate surface area is 179 Å². The average molecular weight is 439 g/mol. The topological polar surface area (TPSA) is 94.8 Å².